The van der Waals surface area contributed by atoms with E-state index in [9.17, 15) is 9.59 Å². The number of carbonyl (C=O) groups is 2. The fourth-order valence-electron chi connectivity index (χ4n) is 4.12. The predicted molar refractivity (Wildman–Crippen MR) is 127 cm³/mol. The first-order valence-electron chi connectivity index (χ1n) is 11.4. The molecule has 2 saturated heterocycles. The van der Waals surface area contributed by atoms with Crippen molar-refractivity contribution in [3.8, 4) is 5.75 Å². The van der Waals surface area contributed by atoms with Gasteiger partial charge in [-0.05, 0) is 37.1 Å². The average molecular weight is 454 g/mol. The van der Waals surface area contributed by atoms with E-state index in [4.69, 9.17) is 4.74 Å². The van der Waals surface area contributed by atoms with E-state index < -0.39 is 0 Å². The number of para-hydroxylation sites is 1. The van der Waals surface area contributed by atoms with E-state index in [1.165, 1.54) is 11.8 Å². The summed E-state index contributed by atoms with van der Waals surface area (Å²) < 4.78 is 5.80. The van der Waals surface area contributed by atoms with Crippen molar-refractivity contribution in [3.05, 3.63) is 60.2 Å². The fraction of sp³-hybridized carbons (Fsp3) is 0.440. The van der Waals surface area contributed by atoms with E-state index >= 15 is 0 Å². The lowest BCUT2D eigenvalue weighted by Gasteiger charge is -2.35. The van der Waals surface area contributed by atoms with Gasteiger partial charge in [-0.15, -0.1) is 11.8 Å². The smallest absolute Gasteiger partial charge is 0.255 e. The van der Waals surface area contributed by atoms with Gasteiger partial charge in [0, 0.05) is 50.7 Å². The highest BCUT2D eigenvalue weighted by molar-refractivity contribution is 8.00. The zero-order chi connectivity index (χ0) is 22.2. The number of benzene rings is 2. The van der Waals surface area contributed by atoms with E-state index in [1.807, 2.05) is 64.4 Å². The molecule has 0 radical (unpaired) electrons. The number of ether oxygens (including phenoxy) is 1. The summed E-state index contributed by atoms with van der Waals surface area (Å²) in [5.41, 5.74) is 0.701. The molecule has 32 heavy (non-hydrogen) atoms. The molecule has 6 nitrogen and oxygen atoms in total. The summed E-state index contributed by atoms with van der Waals surface area (Å²) in [4.78, 5) is 32.7. The molecule has 0 aliphatic carbocycles. The van der Waals surface area contributed by atoms with Crippen molar-refractivity contribution >= 4 is 23.6 Å². The zero-order valence-electron chi connectivity index (χ0n) is 18.4. The van der Waals surface area contributed by atoms with Gasteiger partial charge in [-0.25, -0.2) is 0 Å². The van der Waals surface area contributed by atoms with Crippen LogP contribution in [-0.4, -0.2) is 84.7 Å². The van der Waals surface area contributed by atoms with Gasteiger partial charge in [0.25, 0.3) is 5.91 Å². The third-order valence-corrected chi connectivity index (χ3v) is 7.06. The van der Waals surface area contributed by atoms with Gasteiger partial charge in [0.2, 0.25) is 5.91 Å². The molecule has 2 amide bonds. The molecule has 0 unspecified atom stereocenters. The Hall–Kier alpha value is -2.51. The lowest BCUT2D eigenvalue weighted by molar-refractivity contribution is -0.127. The molecule has 4 rings (SSSR count). The summed E-state index contributed by atoms with van der Waals surface area (Å²) in [6.07, 6.45) is 2.19. The van der Waals surface area contributed by atoms with Crippen LogP contribution in [0, 0.1) is 0 Å². The Kier molecular flexibility index (Phi) is 8.07. The number of nitrogens with zero attached hydrogens (tertiary/aromatic N) is 3. The molecule has 2 aromatic carbocycles. The molecule has 0 bridgehead atoms. The van der Waals surface area contributed by atoms with E-state index in [2.05, 4.69) is 4.90 Å². The van der Waals surface area contributed by atoms with E-state index in [-0.39, 0.29) is 11.8 Å². The van der Waals surface area contributed by atoms with Crippen molar-refractivity contribution in [3.63, 3.8) is 0 Å². The number of thioether (sulfide) groups is 1. The zero-order valence-corrected chi connectivity index (χ0v) is 19.3. The minimum Gasteiger partial charge on any atom is -0.492 e. The van der Waals surface area contributed by atoms with Crippen molar-refractivity contribution < 1.29 is 14.3 Å². The first-order chi connectivity index (χ1) is 15.7. The van der Waals surface area contributed by atoms with Crippen LogP contribution in [0.1, 0.15) is 23.2 Å². The van der Waals surface area contributed by atoms with Gasteiger partial charge in [-0.2, -0.15) is 0 Å². The maximum atomic E-state index is 13.2. The number of hydrogen-bond acceptors (Lipinski definition) is 5. The lowest BCUT2D eigenvalue weighted by atomic mass is 10.2. The van der Waals surface area contributed by atoms with Gasteiger partial charge >= 0.3 is 0 Å². The van der Waals surface area contributed by atoms with Crippen LogP contribution in [0.4, 0.5) is 0 Å². The Morgan fingerprint density at radius 2 is 1.50 bits per heavy atom. The lowest BCUT2D eigenvalue weighted by Crippen LogP contribution is -2.49. The fourth-order valence-corrected chi connectivity index (χ4v) is 5.07. The van der Waals surface area contributed by atoms with Crippen molar-refractivity contribution in [2.75, 3.05) is 58.2 Å². The Morgan fingerprint density at radius 1 is 0.812 bits per heavy atom. The largest absolute Gasteiger partial charge is 0.492 e. The molecule has 2 aliphatic rings. The van der Waals surface area contributed by atoms with Gasteiger partial charge in [0.05, 0.1) is 11.3 Å². The number of carbonyl (C=O) groups excluding carboxylic acids is 2. The third kappa shape index (κ3) is 6.04. The normalized spacial score (nSPS) is 16.9. The van der Waals surface area contributed by atoms with Crippen LogP contribution in [0.2, 0.25) is 0 Å². The minimum absolute atomic E-state index is 0.0573. The van der Waals surface area contributed by atoms with Crippen LogP contribution in [0.15, 0.2) is 59.5 Å². The highest BCUT2D eigenvalue weighted by atomic mass is 32.2. The molecule has 170 valence electrons. The maximum absolute atomic E-state index is 13.2. The molecule has 0 atom stereocenters. The monoisotopic (exact) mass is 453 g/mol. The van der Waals surface area contributed by atoms with Gasteiger partial charge in [0.1, 0.15) is 12.4 Å². The highest BCUT2D eigenvalue weighted by Gasteiger charge is 2.24. The van der Waals surface area contributed by atoms with Crippen LogP contribution < -0.4 is 4.74 Å². The van der Waals surface area contributed by atoms with E-state index in [0.717, 1.165) is 56.2 Å². The molecule has 0 spiro atoms. The first-order valence-corrected chi connectivity index (χ1v) is 12.4. The third-order valence-electron chi connectivity index (χ3n) is 6.01. The standard InChI is InChI=1S/C25H31N3O3S/c29-24(27-12-6-7-13-27)20-32-23-11-5-4-10-22(23)25(30)28-16-14-26(15-17-28)18-19-31-21-8-2-1-3-9-21/h1-5,8-11H,6-7,12-20H2. The molecule has 0 aromatic heterocycles. The van der Waals surface area contributed by atoms with Crippen LogP contribution in [-0.2, 0) is 4.79 Å². The molecular formula is C25H31N3O3S. The summed E-state index contributed by atoms with van der Waals surface area (Å²) >= 11 is 1.48. The molecule has 7 heteroatoms. The first kappa shape index (κ1) is 22.7. The van der Waals surface area contributed by atoms with Crippen molar-refractivity contribution in [1.82, 2.24) is 14.7 Å². The van der Waals surface area contributed by atoms with Gasteiger partial charge < -0.3 is 14.5 Å². The Labute approximate surface area is 194 Å². The molecule has 2 heterocycles. The van der Waals surface area contributed by atoms with Crippen molar-refractivity contribution in [1.29, 1.82) is 0 Å². The minimum atomic E-state index is 0.0573. The molecule has 2 fully saturated rings. The number of piperazine rings is 1. The van der Waals surface area contributed by atoms with Crippen LogP contribution >= 0.6 is 11.8 Å². The van der Waals surface area contributed by atoms with E-state index in [1.54, 1.807) is 0 Å². The maximum Gasteiger partial charge on any atom is 0.255 e. The van der Waals surface area contributed by atoms with Crippen LogP contribution in [0.3, 0.4) is 0 Å². The van der Waals surface area contributed by atoms with Crippen molar-refractivity contribution in [2.45, 2.75) is 17.7 Å². The number of rotatable bonds is 8. The molecular weight excluding hydrogens is 422 g/mol. The topological polar surface area (TPSA) is 53.1 Å². The quantitative estimate of drug-likeness (QED) is 0.575. The summed E-state index contributed by atoms with van der Waals surface area (Å²) in [6, 6.07) is 17.5. The van der Waals surface area contributed by atoms with Gasteiger partial charge in [0.15, 0.2) is 0 Å². The second kappa shape index (κ2) is 11.4. The molecule has 0 N–H and O–H groups in total. The Bertz CT molecular complexity index is 894. The van der Waals surface area contributed by atoms with E-state index in [0.29, 0.717) is 31.0 Å². The van der Waals surface area contributed by atoms with Crippen LogP contribution in [0.5, 0.6) is 5.75 Å². The van der Waals surface area contributed by atoms with Crippen molar-refractivity contribution in [2.24, 2.45) is 0 Å². The summed E-state index contributed by atoms with van der Waals surface area (Å²) in [6.45, 7) is 6.30. The average Bonchev–Trinajstić information content (AvgIpc) is 3.39. The second-order valence-electron chi connectivity index (χ2n) is 8.17. The van der Waals surface area contributed by atoms with Crippen LogP contribution in [0.25, 0.3) is 0 Å². The molecule has 0 saturated carbocycles. The molecule has 2 aromatic rings. The number of amides is 2. The SMILES string of the molecule is O=C(CSc1ccccc1C(=O)N1CCN(CCOc2ccccc2)CC1)N1CCCC1. The number of likely N-dealkylation sites (tertiary alicyclic amines) is 1. The Morgan fingerprint density at radius 3 is 2.25 bits per heavy atom. The summed E-state index contributed by atoms with van der Waals surface area (Å²) in [5.74, 6) is 1.50. The van der Waals surface area contributed by atoms with Gasteiger partial charge in [-0.1, -0.05) is 30.3 Å². The predicted octanol–water partition coefficient (Wildman–Crippen LogP) is 3.24. The summed E-state index contributed by atoms with van der Waals surface area (Å²) in [5, 5.41) is 0. The number of hydrogen-bond donors (Lipinski definition) is 0. The molecule has 2 aliphatic heterocycles. The highest BCUT2D eigenvalue weighted by Crippen LogP contribution is 2.25. The second-order valence-corrected chi connectivity index (χ2v) is 9.19. The van der Waals surface area contributed by atoms with Gasteiger partial charge in [-0.3, -0.25) is 14.5 Å². The Balaban J connectivity index is 1.25. The summed E-state index contributed by atoms with van der Waals surface area (Å²) in [7, 11) is 0.